The van der Waals surface area contributed by atoms with Gasteiger partial charge in [0.2, 0.25) is 5.95 Å². The van der Waals surface area contributed by atoms with Gasteiger partial charge in [-0.15, -0.1) is 0 Å². The number of aliphatic hydroxyl groups is 1. The second-order valence-corrected chi connectivity index (χ2v) is 12.1. The lowest BCUT2D eigenvalue weighted by Gasteiger charge is -2.42. The zero-order valence-corrected chi connectivity index (χ0v) is 20.8. The first-order valence-corrected chi connectivity index (χ1v) is 13.8. The van der Waals surface area contributed by atoms with Crippen LogP contribution in [0.25, 0.3) is 0 Å². The summed E-state index contributed by atoms with van der Waals surface area (Å²) >= 11 is -0.154. The molecule has 1 saturated heterocycles. The minimum absolute atomic E-state index is 0.0878. The van der Waals surface area contributed by atoms with Crippen LogP contribution in [-0.2, 0) is 16.7 Å². The predicted octanol–water partition coefficient (Wildman–Crippen LogP) is 5.01. The van der Waals surface area contributed by atoms with Crippen molar-refractivity contribution in [2.24, 2.45) is 0 Å². The van der Waals surface area contributed by atoms with Gasteiger partial charge in [0, 0.05) is 18.0 Å². The number of piperidine rings is 1. The summed E-state index contributed by atoms with van der Waals surface area (Å²) in [6.07, 6.45) is 3.50. The van der Waals surface area contributed by atoms with Crippen molar-refractivity contribution in [3.63, 3.8) is 0 Å². The number of hydrogen-bond donors (Lipinski definition) is 2. The number of aromatic nitrogens is 2. The Morgan fingerprint density at radius 2 is 1.81 bits per heavy atom. The summed E-state index contributed by atoms with van der Waals surface area (Å²) in [4.78, 5) is 10.5. The van der Waals surface area contributed by atoms with Crippen LogP contribution in [-0.4, -0.2) is 55.8 Å². The molecule has 3 heterocycles. The number of anilines is 2. The van der Waals surface area contributed by atoms with Gasteiger partial charge in [0.05, 0.1) is 28.7 Å². The van der Waals surface area contributed by atoms with Crippen LogP contribution in [0.4, 0.5) is 33.7 Å². The van der Waals surface area contributed by atoms with Gasteiger partial charge < -0.3 is 15.3 Å². The fourth-order valence-electron chi connectivity index (χ4n) is 4.97. The maximum absolute atomic E-state index is 14.7. The van der Waals surface area contributed by atoms with Crippen molar-refractivity contribution in [1.29, 1.82) is 0 Å². The molecule has 13 heteroatoms. The Bertz CT molecular complexity index is 1140. The van der Waals surface area contributed by atoms with Gasteiger partial charge in [0.1, 0.15) is 16.4 Å². The van der Waals surface area contributed by atoms with Gasteiger partial charge in [-0.05, 0) is 67.5 Å². The van der Waals surface area contributed by atoms with Crippen molar-refractivity contribution in [2.75, 3.05) is 35.7 Å². The van der Waals surface area contributed by atoms with Gasteiger partial charge in [-0.1, -0.05) is 12.1 Å². The molecule has 1 atom stereocenters. The third kappa shape index (κ3) is 5.06. The van der Waals surface area contributed by atoms with Crippen molar-refractivity contribution in [3.05, 3.63) is 35.5 Å². The number of hydrogen-bond acceptors (Lipinski definition) is 7. The molecule has 36 heavy (non-hydrogen) atoms. The molecule has 6 nitrogen and oxygen atoms in total. The van der Waals surface area contributed by atoms with Gasteiger partial charge >= 0.3 is 11.4 Å². The highest BCUT2D eigenvalue weighted by Gasteiger charge is 2.49. The van der Waals surface area contributed by atoms with Crippen LogP contribution in [0, 0.1) is 0 Å². The second kappa shape index (κ2) is 9.39. The van der Waals surface area contributed by atoms with E-state index in [9.17, 15) is 31.3 Å². The number of rotatable bonds is 6. The summed E-state index contributed by atoms with van der Waals surface area (Å²) in [7, 11) is -1.96. The van der Waals surface area contributed by atoms with Gasteiger partial charge in [0.25, 0.3) is 0 Å². The fourth-order valence-corrected chi connectivity index (χ4v) is 6.84. The third-order valence-corrected chi connectivity index (χ3v) is 9.31. The molecule has 1 aliphatic carbocycles. The molecule has 3 aliphatic rings. The molecule has 2 N–H and O–H groups in total. The van der Waals surface area contributed by atoms with E-state index >= 15 is 0 Å². The highest BCUT2D eigenvalue weighted by atomic mass is 32.2. The van der Waals surface area contributed by atoms with E-state index in [2.05, 4.69) is 15.3 Å². The molecule has 0 amide bonds. The number of fused-ring (bicyclic) bond motifs is 1. The lowest BCUT2D eigenvalue weighted by Crippen LogP contribution is -2.49. The zero-order chi connectivity index (χ0) is 25.7. The van der Waals surface area contributed by atoms with Crippen molar-refractivity contribution in [2.45, 2.75) is 64.8 Å². The van der Waals surface area contributed by atoms with Crippen LogP contribution in [0.1, 0.15) is 49.3 Å². The average Bonchev–Trinajstić information content (AvgIpc) is 3.04. The topological polar surface area (TPSA) is 78.4 Å². The smallest absolute Gasteiger partial charge is 0.394 e. The number of aliphatic hydroxyl groups excluding tert-OH is 1. The first kappa shape index (κ1) is 25.7. The Hall–Kier alpha value is -1.99. The van der Waals surface area contributed by atoms with Gasteiger partial charge in [0.15, 0.2) is 0 Å². The summed E-state index contributed by atoms with van der Waals surface area (Å²) in [6.45, 7) is 0.763. The zero-order valence-electron chi connectivity index (χ0n) is 19.2. The minimum atomic E-state index is -4.34. The molecule has 2 aliphatic heterocycles. The molecule has 0 spiro atoms. The van der Waals surface area contributed by atoms with E-state index < -0.39 is 39.2 Å². The quantitative estimate of drug-likeness (QED) is 0.388. The van der Waals surface area contributed by atoms with E-state index in [4.69, 9.17) is 0 Å². The van der Waals surface area contributed by atoms with Crippen molar-refractivity contribution < 1.29 is 31.3 Å². The van der Waals surface area contributed by atoms with Crippen LogP contribution in [0.5, 0.6) is 0 Å². The van der Waals surface area contributed by atoms with Crippen molar-refractivity contribution in [1.82, 2.24) is 9.97 Å². The fraction of sp³-hybridized carbons (Fsp3) is 0.565. The monoisotopic (exact) mass is 548 g/mol. The summed E-state index contributed by atoms with van der Waals surface area (Å²) in [5.74, 6) is -3.85. The molecule has 1 aromatic heterocycles. The Morgan fingerprint density at radius 1 is 1.14 bits per heavy atom. The molecule has 0 unspecified atom stereocenters. The second-order valence-electron chi connectivity index (χ2n) is 9.54. The van der Waals surface area contributed by atoms with E-state index in [0.717, 1.165) is 12.0 Å². The molecule has 0 radical (unpaired) electrons. The van der Waals surface area contributed by atoms with E-state index in [1.54, 1.807) is 17.0 Å². The predicted molar refractivity (Wildman–Crippen MR) is 127 cm³/mol. The van der Waals surface area contributed by atoms with Gasteiger partial charge in [-0.3, -0.25) is 4.21 Å². The van der Waals surface area contributed by atoms with Crippen LogP contribution < -0.4 is 10.2 Å². The average molecular weight is 549 g/mol. The van der Waals surface area contributed by atoms with Crippen molar-refractivity contribution >= 4 is 34.3 Å². The Labute approximate surface area is 211 Å². The molecule has 1 aromatic carbocycles. The molecule has 196 valence electrons. The number of benzene rings is 1. The molecule has 5 rings (SSSR count). The molecule has 1 saturated carbocycles. The number of nitrogens with one attached hydrogen (secondary N) is 1. The maximum Gasteiger partial charge on any atom is 0.446 e. The van der Waals surface area contributed by atoms with Gasteiger partial charge in [-0.2, -0.15) is 26.9 Å². The Kier molecular flexibility index (Phi) is 6.69. The lowest BCUT2D eigenvalue weighted by atomic mass is 9.77. The Morgan fingerprint density at radius 3 is 2.36 bits per heavy atom. The van der Waals surface area contributed by atoms with Crippen LogP contribution in [0.3, 0.4) is 0 Å². The number of alkyl halides is 5. The highest BCUT2D eigenvalue weighted by molar-refractivity contribution is 8.00. The standard InChI is InChI=1S/C23H25F5N4O2S2/c24-22(25)13-36(34)17-18(22)29-20(30-19(17)31-21(12-33)8-1-9-21)32-10-6-15(7-11-32)14-2-4-16(5-3-14)35-23(26,27)28/h2-5,15,33H,1,6-13H2,(H,29,30,31)/t36-/m0/s1. The summed E-state index contributed by atoms with van der Waals surface area (Å²) in [6, 6.07) is 6.32. The van der Waals surface area contributed by atoms with E-state index in [-0.39, 0.29) is 45.8 Å². The molecular weight excluding hydrogens is 523 g/mol. The van der Waals surface area contributed by atoms with E-state index in [1.165, 1.54) is 12.1 Å². The molecule has 2 aromatic rings. The lowest BCUT2D eigenvalue weighted by molar-refractivity contribution is -0.0328. The normalized spacial score (nSPS) is 23.3. The first-order valence-electron chi connectivity index (χ1n) is 11.7. The summed E-state index contributed by atoms with van der Waals surface area (Å²) in [5, 5.41) is 13.0. The minimum Gasteiger partial charge on any atom is -0.394 e. The van der Waals surface area contributed by atoms with Crippen LogP contribution in [0.15, 0.2) is 34.1 Å². The third-order valence-electron chi connectivity index (χ3n) is 7.10. The molecule has 2 fully saturated rings. The maximum atomic E-state index is 14.7. The largest absolute Gasteiger partial charge is 0.446 e. The molecule has 0 bridgehead atoms. The van der Waals surface area contributed by atoms with Crippen LogP contribution >= 0.6 is 11.8 Å². The number of halogens is 5. The van der Waals surface area contributed by atoms with E-state index in [1.807, 2.05) is 0 Å². The first-order chi connectivity index (χ1) is 17.0. The Balaban J connectivity index is 1.35. The number of nitrogens with zero attached hydrogens (tertiary/aromatic N) is 3. The number of thioether (sulfide) groups is 1. The summed E-state index contributed by atoms with van der Waals surface area (Å²) in [5.41, 5.74) is -4.60. The SMILES string of the molecule is O=[S@]1CC(F)(F)c2nc(N3CCC(c4ccc(SC(F)(F)F)cc4)CC3)nc(NC3(CO)CCC3)c21. The molecular formula is C23H25F5N4O2S2. The van der Waals surface area contributed by atoms with Gasteiger partial charge in [-0.25, -0.2) is 4.98 Å². The van der Waals surface area contributed by atoms with E-state index in [0.29, 0.717) is 38.8 Å². The summed E-state index contributed by atoms with van der Waals surface area (Å²) < 4.78 is 79.7. The highest BCUT2D eigenvalue weighted by Crippen LogP contribution is 2.45. The van der Waals surface area contributed by atoms with Crippen LogP contribution in [0.2, 0.25) is 0 Å². The van der Waals surface area contributed by atoms with Crippen molar-refractivity contribution in [3.8, 4) is 0 Å².